The first kappa shape index (κ1) is 13.9. The Morgan fingerprint density at radius 2 is 1.84 bits per heavy atom. The number of ether oxygens (including phenoxy) is 1. The van der Waals surface area contributed by atoms with Crippen molar-refractivity contribution in [2.24, 2.45) is 5.73 Å². The first-order valence-corrected chi connectivity index (χ1v) is 6.74. The molecule has 0 saturated carbocycles. The van der Waals surface area contributed by atoms with Gasteiger partial charge in [0.25, 0.3) is 0 Å². The van der Waals surface area contributed by atoms with E-state index in [1.54, 1.807) is 0 Å². The Morgan fingerprint density at radius 1 is 1.16 bits per heavy atom. The molecule has 2 aromatic carbocycles. The van der Waals surface area contributed by atoms with E-state index >= 15 is 0 Å². The first-order valence-electron chi connectivity index (χ1n) is 6.36. The van der Waals surface area contributed by atoms with Gasteiger partial charge in [-0.25, -0.2) is 0 Å². The highest BCUT2D eigenvalue weighted by atomic mass is 35.5. The molecule has 0 fully saturated rings. The van der Waals surface area contributed by atoms with E-state index in [9.17, 15) is 0 Å². The van der Waals surface area contributed by atoms with Crippen LogP contribution in [-0.2, 0) is 0 Å². The van der Waals surface area contributed by atoms with Crippen LogP contribution in [0.3, 0.4) is 0 Å². The lowest BCUT2D eigenvalue weighted by Crippen LogP contribution is -2.12. The van der Waals surface area contributed by atoms with Crippen molar-refractivity contribution >= 4 is 11.6 Å². The highest BCUT2D eigenvalue weighted by molar-refractivity contribution is 6.31. The van der Waals surface area contributed by atoms with E-state index in [1.807, 2.05) is 56.3 Å². The van der Waals surface area contributed by atoms with E-state index in [0.717, 1.165) is 22.4 Å². The second-order valence-electron chi connectivity index (χ2n) is 4.50. The molecule has 2 N–H and O–H groups in total. The molecule has 3 heteroatoms. The molecule has 0 heterocycles. The van der Waals surface area contributed by atoms with Gasteiger partial charge in [-0.3, -0.25) is 0 Å². The SMILES string of the molecule is CCOc1ccc(C(N)c2ccc(C)cc2Cl)cc1. The third-order valence-electron chi connectivity index (χ3n) is 3.04. The highest BCUT2D eigenvalue weighted by Gasteiger charge is 2.12. The molecule has 0 spiro atoms. The minimum atomic E-state index is -0.219. The van der Waals surface area contributed by atoms with Crippen LogP contribution < -0.4 is 10.5 Å². The number of aryl methyl sites for hydroxylation is 1. The largest absolute Gasteiger partial charge is 0.494 e. The number of rotatable bonds is 4. The van der Waals surface area contributed by atoms with Gasteiger partial charge in [0.2, 0.25) is 0 Å². The Balaban J connectivity index is 2.25. The third-order valence-corrected chi connectivity index (χ3v) is 3.37. The topological polar surface area (TPSA) is 35.2 Å². The normalized spacial score (nSPS) is 12.2. The average molecular weight is 276 g/mol. The number of hydrogen-bond donors (Lipinski definition) is 1. The lowest BCUT2D eigenvalue weighted by atomic mass is 9.98. The lowest BCUT2D eigenvalue weighted by Gasteiger charge is -2.15. The molecule has 0 aromatic heterocycles. The zero-order valence-electron chi connectivity index (χ0n) is 11.2. The van der Waals surface area contributed by atoms with Crippen LogP contribution in [0, 0.1) is 6.92 Å². The Bertz CT molecular complexity index is 551. The Labute approximate surface area is 119 Å². The molecule has 0 amide bonds. The highest BCUT2D eigenvalue weighted by Crippen LogP contribution is 2.28. The van der Waals surface area contributed by atoms with Crippen molar-refractivity contribution in [2.75, 3.05) is 6.61 Å². The van der Waals surface area contributed by atoms with Gasteiger partial charge in [0, 0.05) is 5.02 Å². The van der Waals surface area contributed by atoms with Gasteiger partial charge in [0.1, 0.15) is 5.75 Å². The van der Waals surface area contributed by atoms with Gasteiger partial charge in [-0.2, -0.15) is 0 Å². The van der Waals surface area contributed by atoms with Gasteiger partial charge >= 0.3 is 0 Å². The van der Waals surface area contributed by atoms with Crippen molar-refractivity contribution in [1.29, 1.82) is 0 Å². The number of hydrogen-bond acceptors (Lipinski definition) is 2. The monoisotopic (exact) mass is 275 g/mol. The van der Waals surface area contributed by atoms with E-state index < -0.39 is 0 Å². The average Bonchev–Trinajstić information content (AvgIpc) is 2.39. The maximum absolute atomic E-state index is 6.27. The van der Waals surface area contributed by atoms with E-state index in [2.05, 4.69) is 0 Å². The second-order valence-corrected chi connectivity index (χ2v) is 4.91. The Kier molecular flexibility index (Phi) is 4.46. The molecule has 2 aromatic rings. The van der Waals surface area contributed by atoms with E-state index in [0.29, 0.717) is 11.6 Å². The van der Waals surface area contributed by atoms with Crippen LogP contribution in [0.4, 0.5) is 0 Å². The molecule has 1 atom stereocenters. The van der Waals surface area contributed by atoms with Crippen LogP contribution in [0.5, 0.6) is 5.75 Å². The van der Waals surface area contributed by atoms with Crippen molar-refractivity contribution in [3.63, 3.8) is 0 Å². The fourth-order valence-electron chi connectivity index (χ4n) is 2.00. The predicted molar refractivity (Wildman–Crippen MR) is 79.8 cm³/mol. The third kappa shape index (κ3) is 3.28. The molecular weight excluding hydrogens is 258 g/mol. The molecule has 19 heavy (non-hydrogen) atoms. The van der Waals surface area contributed by atoms with Crippen molar-refractivity contribution in [3.05, 3.63) is 64.2 Å². The molecule has 2 rings (SSSR count). The van der Waals surface area contributed by atoms with E-state index in [-0.39, 0.29) is 6.04 Å². The molecule has 2 nitrogen and oxygen atoms in total. The smallest absolute Gasteiger partial charge is 0.119 e. The molecular formula is C16H18ClNO. The van der Waals surface area contributed by atoms with Crippen LogP contribution in [0.1, 0.15) is 29.7 Å². The van der Waals surface area contributed by atoms with E-state index in [1.165, 1.54) is 0 Å². The number of halogens is 1. The predicted octanol–water partition coefficient (Wildman–Crippen LogP) is 4.10. The zero-order valence-corrected chi connectivity index (χ0v) is 11.9. The van der Waals surface area contributed by atoms with Crippen LogP contribution in [0.15, 0.2) is 42.5 Å². The summed E-state index contributed by atoms with van der Waals surface area (Å²) in [6.07, 6.45) is 0. The zero-order chi connectivity index (χ0) is 13.8. The molecule has 0 aliphatic carbocycles. The summed E-state index contributed by atoms with van der Waals surface area (Å²) in [5, 5.41) is 0.710. The lowest BCUT2D eigenvalue weighted by molar-refractivity contribution is 0.340. The fourth-order valence-corrected chi connectivity index (χ4v) is 2.35. The van der Waals surface area contributed by atoms with Gasteiger partial charge in [0.05, 0.1) is 12.6 Å². The van der Waals surface area contributed by atoms with Crippen LogP contribution in [-0.4, -0.2) is 6.61 Å². The summed E-state index contributed by atoms with van der Waals surface area (Å²) in [4.78, 5) is 0. The van der Waals surface area contributed by atoms with Crippen LogP contribution in [0.2, 0.25) is 5.02 Å². The van der Waals surface area contributed by atoms with Gasteiger partial charge in [-0.15, -0.1) is 0 Å². The van der Waals surface area contributed by atoms with Gasteiger partial charge in [-0.1, -0.05) is 35.9 Å². The quantitative estimate of drug-likeness (QED) is 0.912. The second kappa shape index (κ2) is 6.09. The fraction of sp³-hybridized carbons (Fsp3) is 0.250. The molecule has 0 aliphatic heterocycles. The number of benzene rings is 2. The summed E-state index contributed by atoms with van der Waals surface area (Å²) in [5.74, 6) is 0.855. The maximum Gasteiger partial charge on any atom is 0.119 e. The van der Waals surface area contributed by atoms with Gasteiger partial charge in [-0.05, 0) is 48.7 Å². The van der Waals surface area contributed by atoms with Crippen molar-refractivity contribution < 1.29 is 4.74 Å². The summed E-state index contributed by atoms with van der Waals surface area (Å²) in [5.41, 5.74) is 9.36. The van der Waals surface area contributed by atoms with Crippen LogP contribution >= 0.6 is 11.6 Å². The minimum Gasteiger partial charge on any atom is -0.494 e. The molecule has 100 valence electrons. The Morgan fingerprint density at radius 3 is 2.42 bits per heavy atom. The van der Waals surface area contributed by atoms with Gasteiger partial charge < -0.3 is 10.5 Å². The Hall–Kier alpha value is -1.51. The standard InChI is InChI=1S/C16H18ClNO/c1-3-19-13-7-5-12(6-8-13)16(18)14-9-4-11(2)10-15(14)17/h4-10,16H,3,18H2,1-2H3. The number of nitrogens with two attached hydrogens (primary N) is 1. The van der Waals surface area contributed by atoms with E-state index in [4.69, 9.17) is 22.1 Å². The minimum absolute atomic E-state index is 0.219. The summed E-state index contributed by atoms with van der Waals surface area (Å²) in [7, 11) is 0. The summed E-state index contributed by atoms with van der Waals surface area (Å²) >= 11 is 6.25. The van der Waals surface area contributed by atoms with Crippen LogP contribution in [0.25, 0.3) is 0 Å². The summed E-state index contributed by atoms with van der Waals surface area (Å²) in [6.45, 7) is 4.64. The molecule has 0 radical (unpaired) electrons. The molecule has 1 unspecified atom stereocenters. The summed E-state index contributed by atoms with van der Waals surface area (Å²) < 4.78 is 5.42. The van der Waals surface area contributed by atoms with Crippen molar-refractivity contribution in [3.8, 4) is 5.75 Å². The summed E-state index contributed by atoms with van der Waals surface area (Å²) in [6, 6.07) is 13.5. The molecule has 0 aliphatic rings. The molecule has 0 bridgehead atoms. The van der Waals surface area contributed by atoms with Crippen molar-refractivity contribution in [2.45, 2.75) is 19.9 Å². The first-order chi connectivity index (χ1) is 9.11. The maximum atomic E-state index is 6.27. The van der Waals surface area contributed by atoms with Gasteiger partial charge in [0.15, 0.2) is 0 Å². The molecule has 0 saturated heterocycles. The van der Waals surface area contributed by atoms with Crippen molar-refractivity contribution in [1.82, 2.24) is 0 Å².